The molecular formula is C19H26Cl2N2O3. The van der Waals surface area contributed by atoms with Crippen molar-refractivity contribution in [1.29, 1.82) is 0 Å². The van der Waals surface area contributed by atoms with Gasteiger partial charge in [0.1, 0.15) is 0 Å². The van der Waals surface area contributed by atoms with Crippen molar-refractivity contribution in [2.45, 2.75) is 32.6 Å². The number of likely N-dealkylation sites (tertiary alicyclic amines) is 1. The molecule has 2 amide bonds. The van der Waals surface area contributed by atoms with Gasteiger partial charge < -0.3 is 14.5 Å². The van der Waals surface area contributed by atoms with Crippen molar-refractivity contribution in [1.82, 2.24) is 9.80 Å². The minimum Gasteiger partial charge on any atom is -0.494 e. The molecule has 0 radical (unpaired) electrons. The Morgan fingerprint density at radius 3 is 2.31 bits per heavy atom. The van der Waals surface area contributed by atoms with Gasteiger partial charge in [0.25, 0.3) is 5.91 Å². The minimum absolute atomic E-state index is 0.0102. The predicted octanol–water partition coefficient (Wildman–Crippen LogP) is 4.11. The SMILES string of the molecule is CCCCN(C)C(=O)C1CCN(C(=O)c2cc(Cl)c(OC)c(Cl)c2)CC1. The van der Waals surface area contributed by atoms with E-state index in [0.29, 0.717) is 47.3 Å². The summed E-state index contributed by atoms with van der Waals surface area (Å²) in [6, 6.07) is 3.15. The molecule has 1 fully saturated rings. The lowest BCUT2D eigenvalue weighted by Gasteiger charge is -2.33. The number of carbonyl (C=O) groups excluding carboxylic acids is 2. The topological polar surface area (TPSA) is 49.9 Å². The lowest BCUT2D eigenvalue weighted by atomic mass is 9.94. The first kappa shape index (κ1) is 20.8. The summed E-state index contributed by atoms with van der Waals surface area (Å²) in [7, 11) is 3.34. The van der Waals surface area contributed by atoms with E-state index in [1.54, 1.807) is 17.0 Å². The van der Waals surface area contributed by atoms with E-state index < -0.39 is 0 Å². The van der Waals surface area contributed by atoms with E-state index in [-0.39, 0.29) is 17.7 Å². The lowest BCUT2D eigenvalue weighted by molar-refractivity contribution is -0.135. The molecule has 0 bridgehead atoms. The molecule has 2 rings (SSSR count). The molecule has 1 saturated heterocycles. The Morgan fingerprint density at radius 1 is 1.23 bits per heavy atom. The van der Waals surface area contributed by atoms with Gasteiger partial charge in [0.2, 0.25) is 5.91 Å². The summed E-state index contributed by atoms with van der Waals surface area (Å²) in [4.78, 5) is 28.8. The molecule has 0 atom stereocenters. The highest BCUT2D eigenvalue weighted by atomic mass is 35.5. The Hall–Kier alpha value is -1.46. The van der Waals surface area contributed by atoms with Crippen molar-refractivity contribution in [3.05, 3.63) is 27.7 Å². The quantitative estimate of drug-likeness (QED) is 0.721. The largest absolute Gasteiger partial charge is 0.494 e. The fourth-order valence-corrected chi connectivity index (χ4v) is 3.85. The van der Waals surface area contributed by atoms with E-state index in [2.05, 4.69) is 6.92 Å². The highest BCUT2D eigenvalue weighted by Crippen LogP contribution is 2.34. The molecule has 0 aromatic heterocycles. The van der Waals surface area contributed by atoms with Gasteiger partial charge in [0.05, 0.1) is 17.2 Å². The van der Waals surface area contributed by atoms with Crippen LogP contribution in [-0.2, 0) is 4.79 Å². The summed E-state index contributed by atoms with van der Waals surface area (Å²) in [6.07, 6.45) is 3.44. The number of hydrogen-bond donors (Lipinski definition) is 0. The van der Waals surface area contributed by atoms with Gasteiger partial charge in [-0.05, 0) is 31.4 Å². The molecule has 7 heteroatoms. The molecule has 1 aromatic carbocycles. The second-order valence-corrected chi connectivity index (χ2v) is 7.47. The van der Waals surface area contributed by atoms with Crippen molar-refractivity contribution < 1.29 is 14.3 Å². The number of halogens is 2. The Labute approximate surface area is 165 Å². The fourth-order valence-electron chi connectivity index (χ4n) is 3.21. The zero-order valence-corrected chi connectivity index (χ0v) is 17.1. The van der Waals surface area contributed by atoms with Crippen molar-refractivity contribution >= 4 is 35.0 Å². The van der Waals surface area contributed by atoms with Gasteiger partial charge in [0, 0.05) is 38.2 Å². The van der Waals surface area contributed by atoms with Crippen LogP contribution in [0.1, 0.15) is 43.0 Å². The van der Waals surface area contributed by atoms with E-state index >= 15 is 0 Å². The molecule has 1 heterocycles. The van der Waals surface area contributed by atoms with Gasteiger partial charge in [-0.1, -0.05) is 36.5 Å². The van der Waals surface area contributed by atoms with E-state index in [4.69, 9.17) is 27.9 Å². The number of ether oxygens (including phenoxy) is 1. The maximum Gasteiger partial charge on any atom is 0.253 e. The molecule has 0 unspecified atom stereocenters. The lowest BCUT2D eigenvalue weighted by Crippen LogP contribution is -2.43. The van der Waals surface area contributed by atoms with Crippen LogP contribution in [0.3, 0.4) is 0 Å². The Morgan fingerprint density at radius 2 is 1.81 bits per heavy atom. The first-order chi connectivity index (χ1) is 12.4. The number of benzene rings is 1. The van der Waals surface area contributed by atoms with Crippen LogP contribution in [0.5, 0.6) is 5.75 Å². The molecular weight excluding hydrogens is 375 g/mol. The first-order valence-corrected chi connectivity index (χ1v) is 9.71. The van der Waals surface area contributed by atoms with E-state index in [9.17, 15) is 9.59 Å². The van der Waals surface area contributed by atoms with Gasteiger partial charge >= 0.3 is 0 Å². The summed E-state index contributed by atoms with van der Waals surface area (Å²) >= 11 is 12.3. The van der Waals surface area contributed by atoms with Crippen LogP contribution in [0.15, 0.2) is 12.1 Å². The molecule has 0 saturated carbocycles. The van der Waals surface area contributed by atoms with E-state index in [1.165, 1.54) is 7.11 Å². The Bertz CT molecular complexity index is 635. The fraction of sp³-hybridized carbons (Fsp3) is 0.579. The first-order valence-electron chi connectivity index (χ1n) is 8.96. The number of amides is 2. The minimum atomic E-state index is -0.123. The molecule has 26 heavy (non-hydrogen) atoms. The van der Waals surface area contributed by atoms with Crippen LogP contribution >= 0.6 is 23.2 Å². The van der Waals surface area contributed by atoms with Crippen LogP contribution in [0, 0.1) is 5.92 Å². The molecule has 5 nitrogen and oxygen atoms in total. The molecule has 1 aliphatic rings. The van der Waals surface area contributed by atoms with Crippen molar-refractivity contribution in [3.8, 4) is 5.75 Å². The Kier molecular flexibility index (Phi) is 7.59. The van der Waals surface area contributed by atoms with Gasteiger partial charge in [-0.2, -0.15) is 0 Å². The van der Waals surface area contributed by atoms with Crippen molar-refractivity contribution in [2.24, 2.45) is 5.92 Å². The van der Waals surface area contributed by atoms with E-state index in [1.807, 2.05) is 11.9 Å². The summed E-state index contributed by atoms with van der Waals surface area (Å²) in [5.74, 6) is 0.413. The third kappa shape index (κ3) is 4.83. The number of hydrogen-bond acceptors (Lipinski definition) is 3. The summed E-state index contributed by atoms with van der Waals surface area (Å²) in [6.45, 7) is 4.01. The summed E-state index contributed by atoms with van der Waals surface area (Å²) in [5.41, 5.74) is 0.436. The number of methoxy groups -OCH3 is 1. The highest BCUT2D eigenvalue weighted by molar-refractivity contribution is 6.37. The van der Waals surface area contributed by atoms with Crippen LogP contribution in [0.25, 0.3) is 0 Å². The number of rotatable bonds is 6. The van der Waals surface area contributed by atoms with Crippen LogP contribution in [0.2, 0.25) is 10.0 Å². The number of unbranched alkanes of at least 4 members (excludes halogenated alkanes) is 1. The zero-order valence-electron chi connectivity index (χ0n) is 15.6. The second-order valence-electron chi connectivity index (χ2n) is 6.65. The summed E-state index contributed by atoms with van der Waals surface area (Å²) < 4.78 is 5.12. The van der Waals surface area contributed by atoms with Crippen LogP contribution < -0.4 is 4.74 Å². The van der Waals surface area contributed by atoms with Gasteiger partial charge in [-0.25, -0.2) is 0 Å². The monoisotopic (exact) mass is 400 g/mol. The standard InChI is InChI=1S/C19H26Cl2N2O3/c1-4-5-8-22(2)18(24)13-6-9-23(10-7-13)19(25)14-11-15(20)17(26-3)16(21)12-14/h11-13H,4-10H2,1-3H3. The normalized spacial score (nSPS) is 15.0. The second kappa shape index (κ2) is 9.47. The molecule has 0 N–H and O–H groups in total. The van der Waals surface area contributed by atoms with Gasteiger partial charge in [-0.15, -0.1) is 0 Å². The number of piperidine rings is 1. The molecule has 0 spiro atoms. The van der Waals surface area contributed by atoms with Crippen LogP contribution in [-0.4, -0.2) is 55.4 Å². The van der Waals surface area contributed by atoms with Crippen molar-refractivity contribution in [3.63, 3.8) is 0 Å². The molecule has 1 aromatic rings. The van der Waals surface area contributed by atoms with Crippen molar-refractivity contribution in [2.75, 3.05) is 33.8 Å². The van der Waals surface area contributed by atoms with Gasteiger partial charge in [-0.3, -0.25) is 9.59 Å². The van der Waals surface area contributed by atoms with Gasteiger partial charge in [0.15, 0.2) is 5.75 Å². The van der Waals surface area contributed by atoms with E-state index in [0.717, 1.165) is 19.4 Å². The maximum absolute atomic E-state index is 12.7. The smallest absolute Gasteiger partial charge is 0.253 e. The third-order valence-electron chi connectivity index (χ3n) is 4.80. The predicted molar refractivity (Wildman–Crippen MR) is 104 cm³/mol. The number of carbonyl (C=O) groups is 2. The van der Waals surface area contributed by atoms with Crippen LogP contribution in [0.4, 0.5) is 0 Å². The highest BCUT2D eigenvalue weighted by Gasteiger charge is 2.29. The third-order valence-corrected chi connectivity index (χ3v) is 5.37. The number of nitrogens with zero attached hydrogens (tertiary/aromatic N) is 2. The molecule has 1 aliphatic heterocycles. The summed E-state index contributed by atoms with van der Waals surface area (Å²) in [5, 5.41) is 0.622. The molecule has 0 aliphatic carbocycles. The zero-order chi connectivity index (χ0) is 19.3. The average molecular weight is 401 g/mol. The maximum atomic E-state index is 12.7. The Balaban J connectivity index is 1.97. The average Bonchev–Trinajstić information content (AvgIpc) is 2.64. The molecule has 144 valence electrons.